The molecule has 0 aliphatic carbocycles. The van der Waals surface area contributed by atoms with Gasteiger partial charge in [-0.3, -0.25) is 0 Å². The minimum absolute atomic E-state index is 0.612. The van der Waals surface area contributed by atoms with Crippen LogP contribution in [0.1, 0.15) is 0 Å². The van der Waals surface area contributed by atoms with E-state index < -0.39 is 0 Å². The SMILES string of the molecule is c1ccc(-c2nc(-c3cccc4sc5ccccc5c34)nc(-c3cc4ccc5ccccc5c4c4oc5ccc6ccccc6c5c34)n2)cc1. The van der Waals surface area contributed by atoms with Crippen LogP contribution in [0.25, 0.3) is 109 Å². The van der Waals surface area contributed by atoms with Gasteiger partial charge in [0, 0.05) is 53.0 Å². The zero-order chi connectivity index (χ0) is 32.8. The fourth-order valence-corrected chi connectivity index (χ4v) is 8.79. The summed E-state index contributed by atoms with van der Waals surface area (Å²) >= 11 is 1.80. The van der Waals surface area contributed by atoms with Crippen molar-refractivity contribution in [1.29, 1.82) is 0 Å². The molecule has 0 amide bonds. The van der Waals surface area contributed by atoms with E-state index in [0.717, 1.165) is 65.6 Å². The van der Waals surface area contributed by atoms with E-state index in [0.29, 0.717) is 17.5 Å². The Bertz CT molecular complexity index is 3160. The maximum atomic E-state index is 6.90. The molecule has 0 unspecified atom stereocenters. The highest BCUT2D eigenvalue weighted by atomic mass is 32.1. The standard InChI is InChI=1S/C45H25N3OS/c1-2-13-28(14-3-1)43-46-44(33-18-10-20-37-39(33)32-17-8-9-19-36(32)50-37)48-45(47-43)34-25-29-22-21-26-11-4-6-15-30(26)38(29)42-41(34)40-31-16-7-5-12-27(31)23-24-35(40)49-42/h1-25H. The van der Waals surface area contributed by atoms with Crippen molar-refractivity contribution < 1.29 is 4.42 Å². The van der Waals surface area contributed by atoms with Crippen LogP contribution in [0.15, 0.2) is 156 Å². The lowest BCUT2D eigenvalue weighted by molar-refractivity contribution is 0.673. The largest absolute Gasteiger partial charge is 0.455 e. The van der Waals surface area contributed by atoms with E-state index >= 15 is 0 Å². The third-order valence-corrected chi connectivity index (χ3v) is 11.0. The summed E-state index contributed by atoms with van der Waals surface area (Å²) in [5.74, 6) is 1.89. The van der Waals surface area contributed by atoms with Crippen molar-refractivity contribution in [3.63, 3.8) is 0 Å². The molecule has 0 bridgehead atoms. The maximum absolute atomic E-state index is 6.90. The molecule has 11 rings (SSSR count). The normalized spacial score (nSPS) is 12.0. The topological polar surface area (TPSA) is 51.8 Å². The lowest BCUT2D eigenvalue weighted by Gasteiger charge is -2.12. The number of furan rings is 1. The summed E-state index contributed by atoms with van der Waals surface area (Å²) in [5.41, 5.74) is 4.53. The molecule has 8 aromatic carbocycles. The van der Waals surface area contributed by atoms with Crippen molar-refractivity contribution in [3.8, 4) is 34.2 Å². The molecule has 4 nitrogen and oxygen atoms in total. The number of nitrogens with zero attached hydrogens (tertiary/aromatic N) is 3. The summed E-state index contributed by atoms with van der Waals surface area (Å²) in [6.07, 6.45) is 0. The predicted octanol–water partition coefficient (Wildman–Crippen LogP) is 12.6. The van der Waals surface area contributed by atoms with Crippen LogP contribution in [0.2, 0.25) is 0 Å². The molecule has 5 heteroatoms. The fraction of sp³-hybridized carbons (Fsp3) is 0. The van der Waals surface area contributed by atoms with E-state index in [2.05, 4.69) is 133 Å². The first kappa shape index (κ1) is 27.5. The van der Waals surface area contributed by atoms with Gasteiger partial charge >= 0.3 is 0 Å². The average Bonchev–Trinajstić information content (AvgIpc) is 3.77. The molecule has 0 fully saturated rings. The van der Waals surface area contributed by atoms with E-state index in [-0.39, 0.29) is 0 Å². The number of thiophene rings is 1. The van der Waals surface area contributed by atoms with Gasteiger partial charge in [0.25, 0.3) is 0 Å². The Labute approximate surface area is 289 Å². The second-order valence-electron chi connectivity index (χ2n) is 12.7. The zero-order valence-electron chi connectivity index (χ0n) is 26.6. The molecule has 11 aromatic rings. The number of fused-ring (bicyclic) bond motifs is 12. The van der Waals surface area contributed by atoms with Crippen LogP contribution in [0.3, 0.4) is 0 Å². The summed E-state index contributed by atoms with van der Waals surface area (Å²) < 4.78 is 9.35. The Morgan fingerprint density at radius 1 is 0.400 bits per heavy atom. The van der Waals surface area contributed by atoms with E-state index in [1.807, 2.05) is 18.2 Å². The number of rotatable bonds is 3. The van der Waals surface area contributed by atoms with Gasteiger partial charge < -0.3 is 4.42 Å². The molecule has 0 saturated carbocycles. The molecule has 0 aliphatic rings. The van der Waals surface area contributed by atoms with Crippen LogP contribution in [0.4, 0.5) is 0 Å². The van der Waals surface area contributed by atoms with Gasteiger partial charge in [0.1, 0.15) is 11.2 Å². The number of benzene rings is 8. The van der Waals surface area contributed by atoms with Gasteiger partial charge in [0.2, 0.25) is 0 Å². The van der Waals surface area contributed by atoms with E-state index in [9.17, 15) is 0 Å². The lowest BCUT2D eigenvalue weighted by atomic mass is 9.94. The summed E-state index contributed by atoms with van der Waals surface area (Å²) in [7, 11) is 0. The second-order valence-corrected chi connectivity index (χ2v) is 13.8. The van der Waals surface area contributed by atoms with Gasteiger partial charge in [0.05, 0.1) is 0 Å². The quantitative estimate of drug-likeness (QED) is 0.178. The third kappa shape index (κ3) is 4.01. The molecule has 0 atom stereocenters. The van der Waals surface area contributed by atoms with Crippen molar-refractivity contribution in [1.82, 2.24) is 15.0 Å². The summed E-state index contributed by atoms with van der Waals surface area (Å²) in [5, 5.41) is 11.2. The summed E-state index contributed by atoms with van der Waals surface area (Å²) in [4.78, 5) is 15.8. The first-order valence-electron chi connectivity index (χ1n) is 16.7. The molecule has 0 aliphatic heterocycles. The summed E-state index contributed by atoms with van der Waals surface area (Å²) in [6.45, 7) is 0. The van der Waals surface area contributed by atoms with Crippen LogP contribution in [0, 0.1) is 0 Å². The van der Waals surface area contributed by atoms with Crippen LogP contribution in [-0.4, -0.2) is 15.0 Å². The van der Waals surface area contributed by atoms with Gasteiger partial charge in [-0.2, -0.15) is 0 Å². The van der Waals surface area contributed by atoms with Gasteiger partial charge in [-0.1, -0.05) is 127 Å². The minimum atomic E-state index is 0.612. The molecule has 0 radical (unpaired) electrons. The molecule has 0 N–H and O–H groups in total. The maximum Gasteiger partial charge on any atom is 0.164 e. The Balaban J connectivity index is 1.31. The molecule has 50 heavy (non-hydrogen) atoms. The molecule has 3 heterocycles. The lowest BCUT2D eigenvalue weighted by Crippen LogP contribution is -2.01. The van der Waals surface area contributed by atoms with Crippen molar-refractivity contribution >= 4 is 85.8 Å². The highest BCUT2D eigenvalue weighted by Gasteiger charge is 2.23. The van der Waals surface area contributed by atoms with Gasteiger partial charge in [-0.15, -0.1) is 11.3 Å². The molecular formula is C45H25N3OS. The highest BCUT2D eigenvalue weighted by Crippen LogP contribution is 2.46. The Morgan fingerprint density at radius 2 is 1.02 bits per heavy atom. The Kier molecular flexibility index (Phi) is 5.80. The first-order valence-corrected chi connectivity index (χ1v) is 17.5. The van der Waals surface area contributed by atoms with Crippen molar-refractivity contribution in [3.05, 3.63) is 152 Å². The average molecular weight is 656 g/mol. The number of hydrogen-bond donors (Lipinski definition) is 0. The fourth-order valence-electron chi connectivity index (χ4n) is 7.66. The molecule has 0 spiro atoms. The highest BCUT2D eigenvalue weighted by molar-refractivity contribution is 7.25. The number of hydrogen-bond acceptors (Lipinski definition) is 5. The van der Waals surface area contributed by atoms with E-state index in [1.165, 1.54) is 25.6 Å². The van der Waals surface area contributed by atoms with E-state index in [4.69, 9.17) is 19.4 Å². The van der Waals surface area contributed by atoms with Crippen LogP contribution >= 0.6 is 11.3 Å². The van der Waals surface area contributed by atoms with Gasteiger partial charge in [-0.05, 0) is 51.2 Å². The minimum Gasteiger partial charge on any atom is -0.455 e. The van der Waals surface area contributed by atoms with Crippen LogP contribution in [-0.2, 0) is 0 Å². The monoisotopic (exact) mass is 655 g/mol. The van der Waals surface area contributed by atoms with Gasteiger partial charge in [0.15, 0.2) is 17.5 Å². The van der Waals surface area contributed by atoms with E-state index in [1.54, 1.807) is 11.3 Å². The molecule has 0 saturated heterocycles. The zero-order valence-corrected chi connectivity index (χ0v) is 27.4. The van der Waals surface area contributed by atoms with Crippen molar-refractivity contribution in [2.75, 3.05) is 0 Å². The Hall–Kier alpha value is -6.43. The summed E-state index contributed by atoms with van der Waals surface area (Å²) in [6, 6.07) is 53.1. The Morgan fingerprint density at radius 3 is 1.84 bits per heavy atom. The second kappa shape index (κ2) is 10.5. The molecule has 232 valence electrons. The number of aromatic nitrogens is 3. The molecular weight excluding hydrogens is 631 g/mol. The van der Waals surface area contributed by atoms with Gasteiger partial charge in [-0.25, -0.2) is 15.0 Å². The van der Waals surface area contributed by atoms with Crippen molar-refractivity contribution in [2.24, 2.45) is 0 Å². The first-order chi connectivity index (χ1) is 24.8. The smallest absolute Gasteiger partial charge is 0.164 e. The van der Waals surface area contributed by atoms with Crippen LogP contribution in [0.5, 0.6) is 0 Å². The predicted molar refractivity (Wildman–Crippen MR) is 209 cm³/mol. The van der Waals surface area contributed by atoms with Crippen molar-refractivity contribution in [2.45, 2.75) is 0 Å². The third-order valence-electron chi connectivity index (χ3n) is 9.89. The van der Waals surface area contributed by atoms with Crippen LogP contribution < -0.4 is 0 Å². The molecule has 3 aromatic heterocycles.